The van der Waals surface area contributed by atoms with Gasteiger partial charge in [-0.1, -0.05) is 24.3 Å². The van der Waals surface area contributed by atoms with Gasteiger partial charge >= 0.3 is 0 Å². The first-order chi connectivity index (χ1) is 15.0. The molecule has 162 valence electrons. The molecular formula is C25H30N4OS. The number of methoxy groups -OCH3 is 1. The van der Waals surface area contributed by atoms with Gasteiger partial charge in [-0.2, -0.15) is 0 Å². The summed E-state index contributed by atoms with van der Waals surface area (Å²) in [7, 11) is 1.74. The molecule has 1 fully saturated rings. The van der Waals surface area contributed by atoms with E-state index in [1.54, 1.807) is 7.11 Å². The van der Waals surface area contributed by atoms with Crippen molar-refractivity contribution in [3.8, 4) is 5.69 Å². The smallest absolute Gasteiger partial charge is 0.170 e. The number of para-hydroxylation sites is 1. The van der Waals surface area contributed by atoms with E-state index in [4.69, 9.17) is 17.0 Å². The molecule has 1 saturated heterocycles. The van der Waals surface area contributed by atoms with Gasteiger partial charge in [-0.3, -0.25) is 4.98 Å². The Labute approximate surface area is 190 Å². The van der Waals surface area contributed by atoms with Gasteiger partial charge in [-0.05, 0) is 74.8 Å². The molecule has 4 rings (SSSR count). The van der Waals surface area contributed by atoms with Crippen molar-refractivity contribution in [1.82, 2.24) is 19.8 Å². The molecular weight excluding hydrogens is 404 g/mol. The summed E-state index contributed by atoms with van der Waals surface area (Å²) in [6.07, 6.45) is 2.77. The number of aromatic nitrogens is 2. The number of hydrogen-bond donors (Lipinski definition) is 1. The molecule has 3 aromatic rings. The minimum atomic E-state index is 0.00191. The average molecular weight is 435 g/mol. The first-order valence-electron chi connectivity index (χ1n) is 10.7. The highest BCUT2D eigenvalue weighted by atomic mass is 32.1. The van der Waals surface area contributed by atoms with E-state index in [1.807, 2.05) is 18.3 Å². The van der Waals surface area contributed by atoms with Crippen molar-refractivity contribution in [2.24, 2.45) is 0 Å². The number of nitrogens with one attached hydrogen (secondary N) is 1. The predicted octanol–water partition coefficient (Wildman–Crippen LogP) is 4.81. The Morgan fingerprint density at radius 3 is 2.58 bits per heavy atom. The van der Waals surface area contributed by atoms with Gasteiger partial charge in [0.05, 0.1) is 17.8 Å². The number of thiocarbonyl (C=S) groups is 1. The van der Waals surface area contributed by atoms with Crippen molar-refractivity contribution >= 4 is 17.3 Å². The second-order valence-corrected chi connectivity index (χ2v) is 8.50. The molecule has 1 N–H and O–H groups in total. The lowest BCUT2D eigenvalue weighted by Gasteiger charge is -2.28. The van der Waals surface area contributed by atoms with E-state index < -0.39 is 0 Å². The van der Waals surface area contributed by atoms with E-state index in [0.29, 0.717) is 6.61 Å². The standard InChI is InChI=1S/C25H30N4OS/c1-17-10-5-6-12-22(17)29-18(2)16-20(19(29)3)24-23(21-11-7-8-13-26-21)27-25(31)28(24)14-9-15-30-4/h5-8,10-13,16,23-24H,9,14-15H2,1-4H3,(H,27,31)/t23-,24+/m1/s1. The Bertz CT molecular complexity index is 1060. The van der Waals surface area contributed by atoms with Crippen LogP contribution in [0.1, 0.15) is 46.7 Å². The molecule has 5 nitrogen and oxygen atoms in total. The molecule has 2 atom stereocenters. The average Bonchev–Trinajstić information content (AvgIpc) is 3.25. The SMILES string of the molecule is COCCCN1C(=S)N[C@H](c2ccccn2)[C@@H]1c1cc(C)n(-c2ccccc2C)c1C. The lowest BCUT2D eigenvalue weighted by atomic mass is 9.96. The number of aryl methyl sites for hydroxylation is 2. The molecule has 0 spiro atoms. The lowest BCUT2D eigenvalue weighted by Crippen LogP contribution is -2.31. The minimum Gasteiger partial charge on any atom is -0.385 e. The molecule has 0 radical (unpaired) electrons. The van der Waals surface area contributed by atoms with E-state index in [9.17, 15) is 0 Å². The minimum absolute atomic E-state index is 0.00191. The summed E-state index contributed by atoms with van der Waals surface area (Å²) in [6, 6.07) is 17.0. The molecule has 2 aromatic heterocycles. The highest BCUT2D eigenvalue weighted by molar-refractivity contribution is 7.80. The second-order valence-electron chi connectivity index (χ2n) is 8.11. The first-order valence-corrected chi connectivity index (χ1v) is 11.2. The Morgan fingerprint density at radius 1 is 1.10 bits per heavy atom. The van der Waals surface area contributed by atoms with Gasteiger partial charge in [0.25, 0.3) is 0 Å². The molecule has 3 heterocycles. The first kappa shape index (κ1) is 21.5. The van der Waals surface area contributed by atoms with Crippen LogP contribution in [0.25, 0.3) is 5.69 Å². The number of pyridine rings is 1. The predicted molar refractivity (Wildman–Crippen MR) is 129 cm³/mol. The molecule has 31 heavy (non-hydrogen) atoms. The zero-order chi connectivity index (χ0) is 22.0. The number of nitrogens with zero attached hydrogens (tertiary/aromatic N) is 3. The van der Waals surface area contributed by atoms with Crippen LogP contribution in [-0.2, 0) is 4.74 Å². The largest absolute Gasteiger partial charge is 0.385 e. The van der Waals surface area contributed by atoms with Crippen molar-refractivity contribution in [3.63, 3.8) is 0 Å². The summed E-state index contributed by atoms with van der Waals surface area (Å²) in [6.45, 7) is 8.09. The number of rotatable bonds is 7. The third kappa shape index (κ3) is 4.10. The molecule has 1 aliphatic heterocycles. The van der Waals surface area contributed by atoms with E-state index in [0.717, 1.165) is 23.8 Å². The summed E-state index contributed by atoms with van der Waals surface area (Å²) >= 11 is 5.78. The van der Waals surface area contributed by atoms with Crippen LogP contribution in [-0.4, -0.2) is 39.8 Å². The van der Waals surface area contributed by atoms with Crippen molar-refractivity contribution in [1.29, 1.82) is 0 Å². The Balaban J connectivity index is 1.80. The summed E-state index contributed by atoms with van der Waals surface area (Å²) in [5, 5.41) is 4.32. The van der Waals surface area contributed by atoms with Gasteiger partial charge in [0.1, 0.15) is 0 Å². The van der Waals surface area contributed by atoms with Gasteiger partial charge in [-0.15, -0.1) is 0 Å². The van der Waals surface area contributed by atoms with Crippen LogP contribution < -0.4 is 5.32 Å². The Hall–Kier alpha value is -2.70. The third-order valence-corrected chi connectivity index (χ3v) is 6.44. The van der Waals surface area contributed by atoms with Crippen LogP contribution >= 0.6 is 12.2 Å². The maximum Gasteiger partial charge on any atom is 0.170 e. The van der Waals surface area contributed by atoms with Crippen LogP contribution in [0.2, 0.25) is 0 Å². The highest BCUT2D eigenvalue weighted by Gasteiger charge is 2.41. The van der Waals surface area contributed by atoms with Gasteiger partial charge < -0.3 is 19.5 Å². The van der Waals surface area contributed by atoms with Crippen molar-refractivity contribution in [3.05, 3.63) is 82.9 Å². The van der Waals surface area contributed by atoms with Crippen molar-refractivity contribution in [2.75, 3.05) is 20.3 Å². The maximum atomic E-state index is 5.78. The number of hydrogen-bond acceptors (Lipinski definition) is 3. The Kier molecular flexibility index (Phi) is 6.39. The van der Waals surface area contributed by atoms with E-state index >= 15 is 0 Å². The summed E-state index contributed by atoms with van der Waals surface area (Å²) in [5.41, 5.74) is 7.22. The fraction of sp³-hybridized carbons (Fsp3) is 0.360. The summed E-state index contributed by atoms with van der Waals surface area (Å²) in [5.74, 6) is 0. The fourth-order valence-electron chi connectivity index (χ4n) is 4.64. The zero-order valence-electron chi connectivity index (χ0n) is 18.6. The lowest BCUT2D eigenvalue weighted by molar-refractivity contribution is 0.180. The van der Waals surface area contributed by atoms with Crippen LogP contribution in [0, 0.1) is 20.8 Å². The van der Waals surface area contributed by atoms with Gasteiger partial charge in [-0.25, -0.2) is 0 Å². The van der Waals surface area contributed by atoms with Gasteiger partial charge in [0, 0.05) is 43.5 Å². The van der Waals surface area contributed by atoms with Crippen molar-refractivity contribution in [2.45, 2.75) is 39.3 Å². The van der Waals surface area contributed by atoms with Crippen LogP contribution in [0.15, 0.2) is 54.7 Å². The normalized spacial score (nSPS) is 18.5. The van der Waals surface area contributed by atoms with E-state index in [2.05, 4.69) is 76.9 Å². The van der Waals surface area contributed by atoms with Crippen LogP contribution in [0.4, 0.5) is 0 Å². The van der Waals surface area contributed by atoms with E-state index in [-0.39, 0.29) is 12.1 Å². The summed E-state index contributed by atoms with van der Waals surface area (Å²) in [4.78, 5) is 6.96. The molecule has 6 heteroatoms. The molecule has 0 aliphatic carbocycles. The van der Waals surface area contributed by atoms with Crippen molar-refractivity contribution < 1.29 is 4.74 Å². The molecule has 0 bridgehead atoms. The zero-order valence-corrected chi connectivity index (χ0v) is 19.4. The summed E-state index contributed by atoms with van der Waals surface area (Å²) < 4.78 is 7.66. The third-order valence-electron chi connectivity index (χ3n) is 6.09. The number of benzene rings is 1. The molecule has 0 saturated carbocycles. The molecule has 0 amide bonds. The Morgan fingerprint density at radius 2 is 1.87 bits per heavy atom. The quantitative estimate of drug-likeness (QED) is 0.427. The van der Waals surface area contributed by atoms with Gasteiger partial charge in [0.15, 0.2) is 5.11 Å². The van der Waals surface area contributed by atoms with Gasteiger partial charge in [0.2, 0.25) is 0 Å². The molecule has 1 aromatic carbocycles. The topological polar surface area (TPSA) is 42.3 Å². The maximum absolute atomic E-state index is 5.78. The highest BCUT2D eigenvalue weighted by Crippen LogP contribution is 2.41. The molecule has 0 unspecified atom stereocenters. The molecule has 1 aliphatic rings. The second kappa shape index (κ2) is 9.20. The fourth-order valence-corrected chi connectivity index (χ4v) is 4.97. The van der Waals surface area contributed by atoms with E-state index in [1.165, 1.54) is 28.2 Å². The van der Waals surface area contributed by atoms with Crippen LogP contribution in [0.3, 0.4) is 0 Å². The monoisotopic (exact) mass is 434 g/mol. The van der Waals surface area contributed by atoms with Crippen LogP contribution in [0.5, 0.6) is 0 Å². The number of ether oxygens (including phenoxy) is 1.